The zero-order valence-corrected chi connectivity index (χ0v) is 15.4. The van der Waals surface area contributed by atoms with E-state index in [-0.39, 0.29) is 5.91 Å². The molecule has 1 aliphatic rings. The van der Waals surface area contributed by atoms with Crippen LogP contribution in [0.5, 0.6) is 0 Å². The molecule has 0 saturated carbocycles. The first kappa shape index (κ1) is 17.0. The van der Waals surface area contributed by atoms with Gasteiger partial charge in [-0.3, -0.25) is 9.78 Å². The molecule has 3 aromatic rings. The van der Waals surface area contributed by atoms with Gasteiger partial charge in [-0.15, -0.1) is 0 Å². The Morgan fingerprint density at radius 3 is 2.92 bits per heavy atom. The standard InChI is InChI=1S/C19H15ClN4OS/c20-17-6-5-13(10-22-17)12-24-7-8-26-19(24)23-18(25)15-9-14-3-1-2-4-16(14)21-11-15/h1-6,9-11H,7-8,12H2. The van der Waals surface area contributed by atoms with E-state index in [2.05, 4.69) is 19.9 Å². The fraction of sp³-hybridized carbons (Fsp3) is 0.158. The predicted octanol–water partition coefficient (Wildman–Crippen LogP) is 4.03. The lowest BCUT2D eigenvalue weighted by molar-refractivity contribution is 0.100. The maximum atomic E-state index is 12.6. The molecule has 0 N–H and O–H groups in total. The van der Waals surface area contributed by atoms with Gasteiger partial charge in [-0.1, -0.05) is 47.6 Å². The molecule has 1 aromatic carbocycles. The smallest absolute Gasteiger partial charge is 0.280 e. The van der Waals surface area contributed by atoms with E-state index in [4.69, 9.17) is 11.6 Å². The van der Waals surface area contributed by atoms with Gasteiger partial charge in [-0.2, -0.15) is 4.99 Å². The summed E-state index contributed by atoms with van der Waals surface area (Å²) < 4.78 is 0. The SMILES string of the molecule is O=C(N=C1SCCN1Cc1ccc(Cl)nc1)c1cnc2ccccc2c1. The highest BCUT2D eigenvalue weighted by atomic mass is 35.5. The average Bonchev–Trinajstić information content (AvgIpc) is 3.10. The van der Waals surface area contributed by atoms with Crippen LogP contribution in [0.2, 0.25) is 5.15 Å². The summed E-state index contributed by atoms with van der Waals surface area (Å²) in [5.41, 5.74) is 2.39. The van der Waals surface area contributed by atoms with Crippen molar-refractivity contribution in [3.8, 4) is 0 Å². The molecule has 26 heavy (non-hydrogen) atoms. The van der Waals surface area contributed by atoms with Crippen molar-refractivity contribution in [3.05, 3.63) is 71.1 Å². The number of rotatable bonds is 3. The third-order valence-electron chi connectivity index (χ3n) is 4.06. The van der Waals surface area contributed by atoms with Gasteiger partial charge in [-0.05, 0) is 23.8 Å². The maximum Gasteiger partial charge on any atom is 0.280 e. The second-order valence-electron chi connectivity index (χ2n) is 5.88. The number of amides is 1. The Hall–Kier alpha value is -2.44. The molecular formula is C19H15ClN4OS. The van der Waals surface area contributed by atoms with Crippen LogP contribution in [-0.2, 0) is 6.54 Å². The zero-order chi connectivity index (χ0) is 17.9. The van der Waals surface area contributed by atoms with Crippen LogP contribution >= 0.6 is 23.4 Å². The highest BCUT2D eigenvalue weighted by Crippen LogP contribution is 2.22. The molecule has 0 unspecified atom stereocenters. The van der Waals surface area contributed by atoms with Crippen LogP contribution in [-0.4, -0.2) is 38.2 Å². The molecule has 2 aromatic heterocycles. The van der Waals surface area contributed by atoms with E-state index < -0.39 is 0 Å². The molecule has 1 saturated heterocycles. The van der Waals surface area contributed by atoms with Gasteiger partial charge in [0.25, 0.3) is 5.91 Å². The Bertz CT molecular complexity index is 990. The van der Waals surface area contributed by atoms with Crippen LogP contribution in [0.3, 0.4) is 0 Å². The van der Waals surface area contributed by atoms with Crippen molar-refractivity contribution in [1.29, 1.82) is 0 Å². The number of fused-ring (bicyclic) bond motifs is 1. The van der Waals surface area contributed by atoms with E-state index >= 15 is 0 Å². The van der Waals surface area contributed by atoms with Crippen LogP contribution in [0.25, 0.3) is 10.9 Å². The van der Waals surface area contributed by atoms with Gasteiger partial charge in [0.1, 0.15) is 5.15 Å². The molecule has 7 heteroatoms. The molecule has 1 aliphatic heterocycles. The Morgan fingerprint density at radius 2 is 2.08 bits per heavy atom. The number of nitrogens with zero attached hydrogens (tertiary/aromatic N) is 4. The molecule has 4 rings (SSSR count). The minimum absolute atomic E-state index is 0.271. The first-order chi connectivity index (χ1) is 12.7. The van der Waals surface area contributed by atoms with E-state index in [9.17, 15) is 4.79 Å². The third kappa shape index (κ3) is 3.71. The second kappa shape index (κ2) is 7.43. The minimum atomic E-state index is -0.271. The largest absolute Gasteiger partial charge is 0.346 e. The molecule has 0 bridgehead atoms. The molecule has 0 atom stereocenters. The van der Waals surface area contributed by atoms with Crippen LogP contribution in [0.4, 0.5) is 0 Å². The number of carbonyl (C=O) groups excluding carboxylic acids is 1. The van der Waals surface area contributed by atoms with Crippen LogP contribution in [0, 0.1) is 0 Å². The second-order valence-corrected chi connectivity index (χ2v) is 7.32. The predicted molar refractivity (Wildman–Crippen MR) is 106 cm³/mol. The summed E-state index contributed by atoms with van der Waals surface area (Å²) in [5, 5.41) is 2.14. The molecule has 5 nitrogen and oxygen atoms in total. The highest BCUT2D eigenvalue weighted by molar-refractivity contribution is 8.14. The highest BCUT2D eigenvalue weighted by Gasteiger charge is 2.21. The Morgan fingerprint density at radius 1 is 1.19 bits per heavy atom. The summed E-state index contributed by atoms with van der Waals surface area (Å²) in [7, 11) is 0. The average molecular weight is 383 g/mol. The molecule has 0 aliphatic carbocycles. The third-order valence-corrected chi connectivity index (χ3v) is 5.28. The van der Waals surface area contributed by atoms with Crippen LogP contribution in [0.15, 0.2) is 59.9 Å². The van der Waals surface area contributed by atoms with E-state index in [1.165, 1.54) is 0 Å². The Kier molecular flexibility index (Phi) is 4.86. The van der Waals surface area contributed by atoms with Crippen molar-refractivity contribution in [2.24, 2.45) is 4.99 Å². The molecular weight excluding hydrogens is 368 g/mol. The maximum absolute atomic E-state index is 12.6. The lowest BCUT2D eigenvalue weighted by Crippen LogP contribution is -2.24. The normalized spacial score (nSPS) is 15.7. The van der Waals surface area contributed by atoms with E-state index in [0.29, 0.717) is 17.3 Å². The first-order valence-corrected chi connectivity index (χ1v) is 9.51. The number of aliphatic imine (C=N–C) groups is 1. The summed E-state index contributed by atoms with van der Waals surface area (Å²) >= 11 is 7.42. The van der Waals surface area contributed by atoms with E-state index in [0.717, 1.165) is 33.9 Å². The van der Waals surface area contributed by atoms with Gasteiger partial charge in [0.2, 0.25) is 0 Å². The fourth-order valence-corrected chi connectivity index (χ4v) is 3.84. The van der Waals surface area contributed by atoms with Crippen molar-refractivity contribution in [3.63, 3.8) is 0 Å². The van der Waals surface area contributed by atoms with E-state index in [1.54, 1.807) is 30.2 Å². The summed E-state index contributed by atoms with van der Waals surface area (Å²) in [4.78, 5) is 27.4. The van der Waals surface area contributed by atoms with Gasteiger partial charge in [0, 0.05) is 36.6 Å². The topological polar surface area (TPSA) is 58.5 Å². The number of benzene rings is 1. The number of carbonyl (C=O) groups is 1. The zero-order valence-electron chi connectivity index (χ0n) is 13.8. The van der Waals surface area contributed by atoms with E-state index in [1.807, 2.05) is 36.4 Å². The van der Waals surface area contributed by atoms with Gasteiger partial charge >= 0.3 is 0 Å². The molecule has 130 valence electrons. The van der Waals surface area contributed by atoms with Gasteiger partial charge < -0.3 is 4.90 Å². The van der Waals surface area contributed by atoms with Crippen LogP contribution < -0.4 is 0 Å². The summed E-state index contributed by atoms with van der Waals surface area (Å²) in [6.45, 7) is 1.49. The summed E-state index contributed by atoms with van der Waals surface area (Å²) in [6, 6.07) is 13.3. The Balaban J connectivity index is 1.54. The fourth-order valence-electron chi connectivity index (χ4n) is 2.74. The molecule has 0 spiro atoms. The van der Waals surface area contributed by atoms with Crippen molar-refractivity contribution in [2.75, 3.05) is 12.3 Å². The monoisotopic (exact) mass is 382 g/mol. The number of hydrogen-bond acceptors (Lipinski definition) is 4. The Labute approximate surface area is 160 Å². The number of amidine groups is 1. The van der Waals surface area contributed by atoms with Crippen LogP contribution in [0.1, 0.15) is 15.9 Å². The number of halogens is 1. The quantitative estimate of drug-likeness (QED) is 0.640. The van der Waals surface area contributed by atoms with Gasteiger partial charge in [0.05, 0.1) is 11.1 Å². The molecule has 0 radical (unpaired) electrons. The van der Waals surface area contributed by atoms with Crippen molar-refractivity contribution >= 4 is 45.3 Å². The number of aromatic nitrogens is 2. The minimum Gasteiger partial charge on any atom is -0.346 e. The molecule has 1 fully saturated rings. The summed E-state index contributed by atoms with van der Waals surface area (Å²) in [6.07, 6.45) is 3.33. The summed E-state index contributed by atoms with van der Waals surface area (Å²) in [5.74, 6) is 0.634. The van der Waals surface area contributed by atoms with Gasteiger partial charge in [-0.25, -0.2) is 4.98 Å². The number of para-hydroxylation sites is 1. The van der Waals surface area contributed by atoms with Crippen molar-refractivity contribution in [1.82, 2.24) is 14.9 Å². The number of hydrogen-bond donors (Lipinski definition) is 0. The van der Waals surface area contributed by atoms with Gasteiger partial charge in [0.15, 0.2) is 5.17 Å². The van der Waals surface area contributed by atoms with Crippen molar-refractivity contribution < 1.29 is 4.79 Å². The lowest BCUT2D eigenvalue weighted by Gasteiger charge is -2.17. The number of pyridine rings is 2. The lowest BCUT2D eigenvalue weighted by atomic mass is 10.1. The molecule has 1 amide bonds. The molecule has 3 heterocycles. The first-order valence-electron chi connectivity index (χ1n) is 8.15. The van der Waals surface area contributed by atoms with Crippen molar-refractivity contribution in [2.45, 2.75) is 6.54 Å². The number of thioether (sulfide) groups is 1.